The number of fused-ring (bicyclic) bond motifs is 1. The lowest BCUT2D eigenvalue weighted by Gasteiger charge is -2.02. The van der Waals surface area contributed by atoms with Gasteiger partial charge < -0.3 is 4.98 Å². The molecule has 0 spiro atoms. The smallest absolute Gasteiger partial charge is 0.161 e. The summed E-state index contributed by atoms with van der Waals surface area (Å²) in [6, 6.07) is 5.95. The predicted molar refractivity (Wildman–Crippen MR) is 119 cm³/mol. The first-order valence-electron chi connectivity index (χ1n) is 9.27. The minimum Gasteiger partial charge on any atom is -0.340 e. The molecule has 0 radical (unpaired) electrons. The largest absolute Gasteiger partial charge is 0.340 e. The first kappa shape index (κ1) is 18.1. The summed E-state index contributed by atoms with van der Waals surface area (Å²) in [7, 11) is 0. The molecule has 0 aromatic carbocycles. The van der Waals surface area contributed by atoms with Gasteiger partial charge in [0, 0.05) is 29.2 Å². The van der Waals surface area contributed by atoms with E-state index >= 15 is 0 Å². The molecule has 0 amide bonds. The van der Waals surface area contributed by atoms with Crippen LogP contribution in [0.3, 0.4) is 0 Å². The Morgan fingerprint density at radius 3 is 2.77 bits per heavy atom. The van der Waals surface area contributed by atoms with E-state index in [1.54, 1.807) is 29.8 Å². The average Bonchev–Trinajstić information content (AvgIpc) is 3.52. The van der Waals surface area contributed by atoms with E-state index in [0.717, 1.165) is 44.8 Å². The van der Waals surface area contributed by atoms with Crippen LogP contribution in [-0.4, -0.2) is 35.1 Å². The van der Waals surface area contributed by atoms with Crippen molar-refractivity contribution in [3.05, 3.63) is 83.4 Å². The van der Waals surface area contributed by atoms with Crippen molar-refractivity contribution in [2.24, 2.45) is 0 Å². The zero-order chi connectivity index (χ0) is 20.5. The van der Waals surface area contributed by atoms with Crippen molar-refractivity contribution in [2.75, 3.05) is 0 Å². The maximum Gasteiger partial charge on any atom is 0.161 e. The Balaban J connectivity index is 1.62. The number of nitrogens with one attached hydrogen (secondary N) is 2. The van der Waals surface area contributed by atoms with Gasteiger partial charge in [0.25, 0.3) is 0 Å². The van der Waals surface area contributed by atoms with Crippen molar-refractivity contribution in [3.8, 4) is 22.8 Å². The van der Waals surface area contributed by atoms with Gasteiger partial charge in [-0.05, 0) is 41.4 Å². The number of aromatic nitrogens is 7. The summed E-state index contributed by atoms with van der Waals surface area (Å²) in [5.74, 6) is 0.660. The Hall–Kier alpha value is -3.91. The number of aromatic amines is 2. The van der Waals surface area contributed by atoms with Gasteiger partial charge in [-0.1, -0.05) is 18.7 Å². The summed E-state index contributed by atoms with van der Waals surface area (Å²) < 4.78 is 0. The zero-order valence-corrected chi connectivity index (χ0v) is 16.9. The third-order valence-electron chi connectivity index (χ3n) is 4.74. The molecule has 0 saturated heterocycles. The van der Waals surface area contributed by atoms with Crippen LogP contribution >= 0.6 is 11.3 Å². The second kappa shape index (κ2) is 7.49. The van der Waals surface area contributed by atoms with E-state index in [0.29, 0.717) is 11.5 Å². The molecule has 0 unspecified atom stereocenters. The van der Waals surface area contributed by atoms with Crippen LogP contribution in [-0.2, 0) is 0 Å². The Bertz CT molecular complexity index is 1360. The Kier molecular flexibility index (Phi) is 4.53. The Morgan fingerprint density at radius 1 is 1.13 bits per heavy atom. The molecule has 0 aliphatic heterocycles. The standard InChI is InChI=1S/C22H17N7S/c1-3-4-16(14-7-8-30-11-14)19-13(2)25-22(27-19)21-20-18(28-29-21)6-5-17(26-20)15-9-23-12-24-10-15/h3-12H,1H2,2H3,(H,25,27)(H,28,29)/b16-4-. The number of rotatable bonds is 5. The molecule has 0 atom stereocenters. The molecule has 5 heterocycles. The van der Waals surface area contributed by atoms with E-state index in [9.17, 15) is 0 Å². The fraction of sp³-hybridized carbons (Fsp3) is 0.0455. The first-order valence-corrected chi connectivity index (χ1v) is 10.2. The van der Waals surface area contributed by atoms with Crippen molar-refractivity contribution in [2.45, 2.75) is 6.92 Å². The van der Waals surface area contributed by atoms with Crippen LogP contribution in [0.4, 0.5) is 0 Å². The number of nitrogens with zero attached hydrogens (tertiary/aromatic N) is 5. The van der Waals surface area contributed by atoms with Crippen LogP contribution in [0.25, 0.3) is 39.4 Å². The molecule has 7 nitrogen and oxygen atoms in total. The number of hydrogen-bond acceptors (Lipinski definition) is 6. The monoisotopic (exact) mass is 411 g/mol. The summed E-state index contributed by atoms with van der Waals surface area (Å²) in [5.41, 5.74) is 7.80. The number of H-pyrrole nitrogens is 2. The number of pyridine rings is 1. The van der Waals surface area contributed by atoms with Crippen molar-refractivity contribution >= 4 is 27.9 Å². The number of allylic oxidation sites excluding steroid dienone is 2. The van der Waals surface area contributed by atoms with Crippen LogP contribution in [0.2, 0.25) is 0 Å². The molecule has 5 rings (SSSR count). The second-order valence-corrected chi connectivity index (χ2v) is 7.46. The Labute approximate surface area is 176 Å². The molecule has 8 heteroatoms. The minimum absolute atomic E-state index is 0.660. The predicted octanol–water partition coefficient (Wildman–Crippen LogP) is 4.79. The highest BCUT2D eigenvalue weighted by Gasteiger charge is 2.19. The SMILES string of the molecule is C=C/C=C(/c1ccsc1)c1nc(-c2n[nH]c3ccc(-c4cncnc4)nc23)[nH]c1C. The van der Waals surface area contributed by atoms with Gasteiger partial charge >= 0.3 is 0 Å². The number of imidazole rings is 1. The zero-order valence-electron chi connectivity index (χ0n) is 16.1. The lowest BCUT2D eigenvalue weighted by atomic mass is 10.0. The van der Waals surface area contributed by atoms with Crippen molar-refractivity contribution in [1.82, 2.24) is 35.1 Å². The maximum atomic E-state index is 4.87. The summed E-state index contributed by atoms with van der Waals surface area (Å²) in [4.78, 5) is 21.2. The topological polar surface area (TPSA) is 96.0 Å². The number of hydrogen-bond donors (Lipinski definition) is 2. The minimum atomic E-state index is 0.660. The third-order valence-corrected chi connectivity index (χ3v) is 5.43. The quantitative estimate of drug-likeness (QED) is 0.405. The van der Waals surface area contributed by atoms with Crippen LogP contribution in [0.1, 0.15) is 17.0 Å². The van der Waals surface area contributed by atoms with Gasteiger partial charge in [0.2, 0.25) is 0 Å². The van der Waals surface area contributed by atoms with Crippen LogP contribution < -0.4 is 0 Å². The summed E-state index contributed by atoms with van der Waals surface area (Å²) >= 11 is 1.65. The molecular weight excluding hydrogens is 394 g/mol. The molecule has 0 aliphatic rings. The van der Waals surface area contributed by atoms with E-state index in [1.807, 2.05) is 25.1 Å². The molecule has 0 aliphatic carbocycles. The van der Waals surface area contributed by atoms with E-state index in [2.05, 4.69) is 48.6 Å². The van der Waals surface area contributed by atoms with Gasteiger partial charge in [-0.15, -0.1) is 0 Å². The van der Waals surface area contributed by atoms with Crippen molar-refractivity contribution in [3.63, 3.8) is 0 Å². The third kappa shape index (κ3) is 3.13. The van der Waals surface area contributed by atoms with Crippen LogP contribution in [0.5, 0.6) is 0 Å². The van der Waals surface area contributed by atoms with Gasteiger partial charge in [-0.3, -0.25) is 5.10 Å². The summed E-state index contributed by atoms with van der Waals surface area (Å²) in [5, 5.41) is 11.7. The van der Waals surface area contributed by atoms with E-state index in [1.165, 1.54) is 6.33 Å². The van der Waals surface area contributed by atoms with Gasteiger partial charge in [0.15, 0.2) is 11.5 Å². The lowest BCUT2D eigenvalue weighted by molar-refractivity contribution is 1.10. The molecular formula is C22H17N7S. The lowest BCUT2D eigenvalue weighted by Crippen LogP contribution is -1.90. The molecule has 5 aromatic rings. The molecule has 2 N–H and O–H groups in total. The molecule has 5 aromatic heterocycles. The molecule has 30 heavy (non-hydrogen) atoms. The Morgan fingerprint density at radius 2 is 2.00 bits per heavy atom. The summed E-state index contributed by atoms with van der Waals surface area (Å²) in [6.45, 7) is 5.86. The highest BCUT2D eigenvalue weighted by Crippen LogP contribution is 2.31. The molecule has 0 fully saturated rings. The van der Waals surface area contributed by atoms with E-state index in [-0.39, 0.29) is 0 Å². The van der Waals surface area contributed by atoms with Crippen LogP contribution in [0, 0.1) is 6.92 Å². The average molecular weight is 411 g/mol. The fourth-order valence-electron chi connectivity index (χ4n) is 3.34. The van der Waals surface area contributed by atoms with Crippen molar-refractivity contribution in [1.29, 1.82) is 0 Å². The van der Waals surface area contributed by atoms with Gasteiger partial charge in [-0.25, -0.2) is 19.9 Å². The van der Waals surface area contributed by atoms with Gasteiger partial charge in [0.1, 0.15) is 11.8 Å². The van der Waals surface area contributed by atoms with E-state index in [4.69, 9.17) is 9.97 Å². The number of aryl methyl sites for hydroxylation is 1. The maximum absolute atomic E-state index is 4.87. The second-order valence-electron chi connectivity index (χ2n) is 6.68. The normalized spacial score (nSPS) is 11.8. The summed E-state index contributed by atoms with van der Waals surface area (Å²) in [6.07, 6.45) is 8.73. The molecule has 146 valence electrons. The highest BCUT2D eigenvalue weighted by molar-refractivity contribution is 7.08. The molecule has 0 bridgehead atoms. The highest BCUT2D eigenvalue weighted by atomic mass is 32.1. The van der Waals surface area contributed by atoms with Crippen molar-refractivity contribution < 1.29 is 0 Å². The van der Waals surface area contributed by atoms with E-state index < -0.39 is 0 Å². The van der Waals surface area contributed by atoms with Gasteiger partial charge in [0.05, 0.1) is 16.9 Å². The fourth-order valence-corrected chi connectivity index (χ4v) is 3.99. The molecule has 0 saturated carbocycles. The first-order chi connectivity index (χ1) is 14.7. The van der Waals surface area contributed by atoms with Crippen LogP contribution in [0.15, 0.2) is 66.4 Å². The van der Waals surface area contributed by atoms with Gasteiger partial charge in [-0.2, -0.15) is 16.4 Å². The number of thiophene rings is 1.